The maximum absolute atomic E-state index is 5.44. The van der Waals surface area contributed by atoms with Crippen molar-refractivity contribution in [1.82, 2.24) is 10.3 Å². The van der Waals surface area contributed by atoms with Crippen LogP contribution in [0.1, 0.15) is 19.5 Å². The van der Waals surface area contributed by atoms with Crippen molar-refractivity contribution in [2.24, 2.45) is 0 Å². The molecule has 0 bridgehead atoms. The number of hydrogen-bond donors (Lipinski definition) is 1. The van der Waals surface area contributed by atoms with Crippen LogP contribution < -0.4 is 10.1 Å². The zero-order chi connectivity index (χ0) is 12.3. The Balaban J connectivity index is 2.07. The van der Waals surface area contributed by atoms with Gasteiger partial charge in [0.25, 0.3) is 0 Å². The number of aromatic nitrogens is 1. The van der Waals surface area contributed by atoms with Gasteiger partial charge in [0, 0.05) is 24.0 Å². The highest BCUT2D eigenvalue weighted by molar-refractivity contribution is 7.13. The molecule has 0 spiro atoms. The highest BCUT2D eigenvalue weighted by Crippen LogP contribution is 2.30. The summed E-state index contributed by atoms with van der Waals surface area (Å²) in [5, 5.41) is 5.24. The van der Waals surface area contributed by atoms with Crippen molar-refractivity contribution in [2.75, 3.05) is 7.11 Å². The van der Waals surface area contributed by atoms with E-state index in [2.05, 4.69) is 24.1 Å². The molecule has 17 heavy (non-hydrogen) atoms. The quantitative estimate of drug-likeness (QED) is 0.888. The van der Waals surface area contributed by atoms with Gasteiger partial charge in [-0.1, -0.05) is 13.8 Å². The number of hydrogen-bond acceptors (Lipinski definition) is 5. The lowest BCUT2D eigenvalue weighted by molar-refractivity contribution is 0.416. The Labute approximate surface area is 105 Å². The molecule has 0 saturated carbocycles. The molecule has 0 fully saturated rings. The summed E-state index contributed by atoms with van der Waals surface area (Å²) in [6.45, 7) is 4.93. The van der Waals surface area contributed by atoms with Crippen molar-refractivity contribution >= 4 is 11.3 Å². The predicted molar refractivity (Wildman–Crippen MR) is 68.3 cm³/mol. The fraction of sp³-hybridized carbons (Fsp3) is 0.417. The molecule has 4 nitrogen and oxygen atoms in total. The topological polar surface area (TPSA) is 47.3 Å². The normalized spacial score (nSPS) is 11.1. The Morgan fingerprint density at radius 2 is 2.35 bits per heavy atom. The highest BCUT2D eigenvalue weighted by Gasteiger charge is 2.09. The minimum absolute atomic E-state index is 0.442. The van der Waals surface area contributed by atoms with E-state index in [1.807, 2.05) is 11.4 Å². The molecule has 0 saturated heterocycles. The van der Waals surface area contributed by atoms with E-state index in [0.29, 0.717) is 11.9 Å². The van der Waals surface area contributed by atoms with Crippen LogP contribution in [-0.4, -0.2) is 18.1 Å². The van der Waals surface area contributed by atoms with Crippen LogP contribution in [0.2, 0.25) is 0 Å². The van der Waals surface area contributed by atoms with E-state index in [1.165, 1.54) is 0 Å². The van der Waals surface area contributed by atoms with Gasteiger partial charge in [-0.05, 0) is 0 Å². The molecule has 92 valence electrons. The van der Waals surface area contributed by atoms with Crippen LogP contribution in [0, 0.1) is 0 Å². The molecule has 0 aromatic carbocycles. The van der Waals surface area contributed by atoms with Gasteiger partial charge in [0.2, 0.25) is 5.89 Å². The van der Waals surface area contributed by atoms with Gasteiger partial charge in [0.05, 0.1) is 17.7 Å². The fourth-order valence-corrected chi connectivity index (χ4v) is 2.13. The van der Waals surface area contributed by atoms with E-state index in [4.69, 9.17) is 9.15 Å². The smallest absolute Gasteiger partial charge is 0.236 e. The number of ether oxygens (including phenoxy) is 1. The van der Waals surface area contributed by atoms with Crippen LogP contribution in [0.25, 0.3) is 10.8 Å². The highest BCUT2D eigenvalue weighted by atomic mass is 32.1. The summed E-state index contributed by atoms with van der Waals surface area (Å²) in [4.78, 5) is 5.41. The van der Waals surface area contributed by atoms with Crippen molar-refractivity contribution < 1.29 is 9.15 Å². The molecule has 2 aromatic heterocycles. The van der Waals surface area contributed by atoms with E-state index in [1.54, 1.807) is 24.7 Å². The Bertz CT molecular complexity index is 476. The molecule has 2 heterocycles. The molecular weight excluding hydrogens is 236 g/mol. The van der Waals surface area contributed by atoms with Gasteiger partial charge in [0.1, 0.15) is 12.0 Å². The maximum Gasteiger partial charge on any atom is 0.236 e. The lowest BCUT2D eigenvalue weighted by atomic mass is 10.3. The van der Waals surface area contributed by atoms with Gasteiger partial charge >= 0.3 is 0 Å². The number of nitrogens with one attached hydrogen (secondary N) is 1. The number of thiophene rings is 1. The molecule has 0 atom stereocenters. The minimum atomic E-state index is 0.442. The molecule has 1 N–H and O–H groups in total. The molecule has 5 heteroatoms. The van der Waals surface area contributed by atoms with Crippen LogP contribution in [0.3, 0.4) is 0 Å². The lowest BCUT2D eigenvalue weighted by Gasteiger charge is -2.03. The van der Waals surface area contributed by atoms with E-state index in [0.717, 1.165) is 22.9 Å². The summed E-state index contributed by atoms with van der Waals surface area (Å²) in [6, 6.07) is 2.37. The first-order chi connectivity index (χ1) is 8.19. The van der Waals surface area contributed by atoms with Gasteiger partial charge in [-0.2, -0.15) is 0 Å². The van der Waals surface area contributed by atoms with Crippen molar-refractivity contribution in [3.05, 3.63) is 23.4 Å². The fourth-order valence-electron chi connectivity index (χ4n) is 1.35. The zero-order valence-electron chi connectivity index (χ0n) is 10.2. The molecule has 0 radical (unpaired) electrons. The van der Waals surface area contributed by atoms with Crippen LogP contribution in [0.5, 0.6) is 5.75 Å². The predicted octanol–water partition coefficient (Wildman–Crippen LogP) is 2.91. The van der Waals surface area contributed by atoms with Crippen molar-refractivity contribution in [1.29, 1.82) is 0 Å². The van der Waals surface area contributed by atoms with Gasteiger partial charge in [-0.15, -0.1) is 11.3 Å². The van der Waals surface area contributed by atoms with Crippen LogP contribution in [0.15, 0.2) is 22.1 Å². The average Bonchev–Trinajstić information content (AvgIpc) is 2.94. The zero-order valence-corrected chi connectivity index (χ0v) is 11.0. The van der Waals surface area contributed by atoms with Gasteiger partial charge in [-0.3, -0.25) is 0 Å². The first kappa shape index (κ1) is 12.1. The Morgan fingerprint density at radius 3 is 3.00 bits per heavy atom. The van der Waals surface area contributed by atoms with Crippen LogP contribution >= 0.6 is 11.3 Å². The Hall–Kier alpha value is -1.33. The van der Waals surface area contributed by atoms with Gasteiger partial charge < -0.3 is 14.5 Å². The van der Waals surface area contributed by atoms with E-state index >= 15 is 0 Å². The van der Waals surface area contributed by atoms with Crippen molar-refractivity contribution in [3.63, 3.8) is 0 Å². The third-order valence-corrected chi connectivity index (χ3v) is 3.16. The van der Waals surface area contributed by atoms with Crippen LogP contribution in [0.4, 0.5) is 0 Å². The van der Waals surface area contributed by atoms with Gasteiger partial charge in [0.15, 0.2) is 0 Å². The summed E-state index contributed by atoms with van der Waals surface area (Å²) >= 11 is 1.56. The number of nitrogens with zero attached hydrogens (tertiary/aromatic N) is 1. The van der Waals surface area contributed by atoms with Crippen molar-refractivity contribution in [3.8, 4) is 16.5 Å². The van der Waals surface area contributed by atoms with Crippen LogP contribution in [-0.2, 0) is 6.54 Å². The molecule has 0 aliphatic carbocycles. The first-order valence-electron chi connectivity index (χ1n) is 5.49. The molecular formula is C12H16N2O2S. The average molecular weight is 252 g/mol. The summed E-state index contributed by atoms with van der Waals surface area (Å²) in [5.74, 6) is 1.49. The van der Waals surface area contributed by atoms with E-state index in [9.17, 15) is 0 Å². The summed E-state index contributed by atoms with van der Waals surface area (Å²) in [7, 11) is 1.65. The summed E-state index contributed by atoms with van der Waals surface area (Å²) in [5.41, 5.74) is 0.918. The van der Waals surface area contributed by atoms with Crippen molar-refractivity contribution in [2.45, 2.75) is 26.4 Å². The first-order valence-corrected chi connectivity index (χ1v) is 6.37. The maximum atomic E-state index is 5.44. The summed E-state index contributed by atoms with van der Waals surface area (Å²) < 4.78 is 10.6. The Morgan fingerprint density at radius 1 is 1.53 bits per heavy atom. The number of rotatable bonds is 5. The largest absolute Gasteiger partial charge is 0.496 e. The second-order valence-corrected chi connectivity index (χ2v) is 4.94. The molecule has 0 unspecified atom stereocenters. The number of oxazole rings is 1. The Kier molecular flexibility index (Phi) is 3.81. The SMILES string of the molecule is COc1csc(-c2nc(CNC(C)C)co2)c1. The molecule has 2 aromatic rings. The molecule has 0 amide bonds. The second kappa shape index (κ2) is 5.33. The second-order valence-electron chi connectivity index (χ2n) is 4.03. The third kappa shape index (κ3) is 3.08. The molecule has 0 aliphatic rings. The van der Waals surface area contributed by atoms with Gasteiger partial charge in [-0.25, -0.2) is 4.98 Å². The lowest BCUT2D eigenvalue weighted by Crippen LogP contribution is -2.21. The standard InChI is InChI=1S/C12H16N2O2S/c1-8(2)13-5-9-6-16-12(14-9)11-4-10(15-3)7-17-11/h4,6-8,13H,5H2,1-3H3. The monoisotopic (exact) mass is 252 g/mol. The molecule has 2 rings (SSSR count). The number of methoxy groups -OCH3 is 1. The third-order valence-electron chi connectivity index (χ3n) is 2.27. The minimum Gasteiger partial charge on any atom is -0.496 e. The summed E-state index contributed by atoms with van der Waals surface area (Å²) in [6.07, 6.45) is 1.69. The van der Waals surface area contributed by atoms with E-state index in [-0.39, 0.29) is 0 Å². The van der Waals surface area contributed by atoms with E-state index < -0.39 is 0 Å². The molecule has 0 aliphatic heterocycles.